The third-order valence-corrected chi connectivity index (χ3v) is 4.75. The molecule has 0 radical (unpaired) electrons. The zero-order chi connectivity index (χ0) is 19.3. The van der Waals surface area contributed by atoms with Crippen LogP contribution in [0.1, 0.15) is 18.5 Å². The van der Waals surface area contributed by atoms with Crippen LogP contribution in [0.2, 0.25) is 0 Å². The summed E-state index contributed by atoms with van der Waals surface area (Å²) < 4.78 is 1.96. The number of anilines is 3. The van der Waals surface area contributed by atoms with Gasteiger partial charge in [-0.2, -0.15) is 5.26 Å². The molecular formula is C20H22N8. The molecule has 2 aromatic heterocycles. The number of benzene rings is 1. The van der Waals surface area contributed by atoms with Gasteiger partial charge in [-0.3, -0.25) is 4.90 Å². The van der Waals surface area contributed by atoms with Gasteiger partial charge in [0.1, 0.15) is 24.0 Å². The molecule has 1 aliphatic rings. The van der Waals surface area contributed by atoms with Crippen LogP contribution >= 0.6 is 0 Å². The molecule has 1 saturated heterocycles. The number of imidazole rings is 1. The molecule has 0 saturated carbocycles. The van der Waals surface area contributed by atoms with Crippen molar-refractivity contribution in [1.82, 2.24) is 24.4 Å². The smallest absolute Gasteiger partial charge is 0.158 e. The molecule has 0 atom stereocenters. The summed E-state index contributed by atoms with van der Waals surface area (Å²) in [7, 11) is 2.17. The van der Waals surface area contributed by atoms with Crippen molar-refractivity contribution in [2.45, 2.75) is 12.8 Å². The molecule has 0 spiro atoms. The molecule has 3 aromatic rings. The molecule has 1 aliphatic heterocycles. The molecule has 142 valence electrons. The van der Waals surface area contributed by atoms with Gasteiger partial charge in [0.25, 0.3) is 0 Å². The zero-order valence-corrected chi connectivity index (χ0v) is 15.8. The van der Waals surface area contributed by atoms with E-state index in [1.807, 2.05) is 16.8 Å². The molecular weight excluding hydrogens is 352 g/mol. The SMILES string of the molecule is CN1CCCCN(c2ccc(-n3cnc(Nc4cnc(C#N)cn4)c3)cc2)C1. The van der Waals surface area contributed by atoms with E-state index in [9.17, 15) is 0 Å². The van der Waals surface area contributed by atoms with E-state index in [2.05, 4.69) is 61.4 Å². The van der Waals surface area contributed by atoms with Gasteiger partial charge in [-0.15, -0.1) is 0 Å². The zero-order valence-electron chi connectivity index (χ0n) is 15.8. The van der Waals surface area contributed by atoms with Crippen molar-refractivity contribution in [2.24, 2.45) is 0 Å². The molecule has 1 fully saturated rings. The van der Waals surface area contributed by atoms with Gasteiger partial charge in [-0.05, 0) is 50.7 Å². The number of nitriles is 1. The fraction of sp³-hybridized carbons (Fsp3) is 0.300. The summed E-state index contributed by atoms with van der Waals surface area (Å²) in [5.41, 5.74) is 2.56. The molecule has 8 heteroatoms. The molecule has 0 unspecified atom stereocenters. The van der Waals surface area contributed by atoms with E-state index in [0.717, 1.165) is 25.4 Å². The van der Waals surface area contributed by atoms with Crippen LogP contribution in [0.4, 0.5) is 17.3 Å². The van der Waals surface area contributed by atoms with Crippen molar-refractivity contribution in [1.29, 1.82) is 5.26 Å². The first-order valence-corrected chi connectivity index (χ1v) is 9.28. The Labute approximate surface area is 164 Å². The highest BCUT2D eigenvalue weighted by Gasteiger charge is 2.13. The second kappa shape index (κ2) is 8.06. The minimum Gasteiger partial charge on any atom is -0.359 e. The Morgan fingerprint density at radius 1 is 0.964 bits per heavy atom. The number of rotatable bonds is 4. The number of hydrogen-bond acceptors (Lipinski definition) is 7. The van der Waals surface area contributed by atoms with E-state index >= 15 is 0 Å². The largest absolute Gasteiger partial charge is 0.359 e. The summed E-state index contributed by atoms with van der Waals surface area (Å²) in [6.07, 6.45) is 9.08. The fourth-order valence-corrected chi connectivity index (χ4v) is 3.27. The lowest BCUT2D eigenvalue weighted by Gasteiger charge is -2.26. The van der Waals surface area contributed by atoms with Crippen LogP contribution < -0.4 is 10.2 Å². The lowest BCUT2D eigenvalue weighted by atomic mass is 10.2. The van der Waals surface area contributed by atoms with Crippen molar-refractivity contribution >= 4 is 17.3 Å². The lowest BCUT2D eigenvalue weighted by Crippen LogP contribution is -2.33. The first-order chi connectivity index (χ1) is 13.7. The standard InChI is InChI=1S/C20H22N8/c1-26-8-2-3-9-27(15-26)17-4-6-18(7-5-17)28-13-20(24-14-28)25-19-12-22-16(10-21)11-23-19/h4-7,11-14H,2-3,8-9,15H2,1H3,(H,23,25). The third-order valence-electron chi connectivity index (χ3n) is 4.75. The van der Waals surface area contributed by atoms with Crippen LogP contribution in [0.25, 0.3) is 5.69 Å². The van der Waals surface area contributed by atoms with E-state index in [1.54, 1.807) is 6.33 Å². The van der Waals surface area contributed by atoms with Gasteiger partial charge in [0, 0.05) is 17.9 Å². The van der Waals surface area contributed by atoms with Gasteiger partial charge >= 0.3 is 0 Å². The van der Waals surface area contributed by atoms with Crippen molar-refractivity contribution < 1.29 is 0 Å². The van der Waals surface area contributed by atoms with Crippen molar-refractivity contribution in [3.8, 4) is 11.8 Å². The summed E-state index contributed by atoms with van der Waals surface area (Å²) in [5, 5.41) is 11.9. The van der Waals surface area contributed by atoms with E-state index in [1.165, 1.54) is 30.9 Å². The topological polar surface area (TPSA) is 85.9 Å². The van der Waals surface area contributed by atoms with Crippen LogP contribution in [0, 0.1) is 11.3 Å². The average molecular weight is 374 g/mol. The van der Waals surface area contributed by atoms with Crippen molar-refractivity contribution in [3.63, 3.8) is 0 Å². The molecule has 0 bridgehead atoms. The highest BCUT2D eigenvalue weighted by atomic mass is 15.3. The first-order valence-electron chi connectivity index (χ1n) is 9.28. The number of hydrogen-bond donors (Lipinski definition) is 1. The Bertz CT molecular complexity index is 955. The summed E-state index contributed by atoms with van der Waals surface area (Å²) in [6, 6.07) is 10.5. The normalized spacial score (nSPS) is 15.1. The predicted molar refractivity (Wildman–Crippen MR) is 108 cm³/mol. The van der Waals surface area contributed by atoms with Gasteiger partial charge in [0.15, 0.2) is 5.69 Å². The number of aromatic nitrogens is 4. The minimum absolute atomic E-state index is 0.284. The number of nitrogens with zero attached hydrogens (tertiary/aromatic N) is 7. The van der Waals surface area contributed by atoms with Crippen LogP contribution in [0.3, 0.4) is 0 Å². The Kier molecular flexibility index (Phi) is 5.17. The molecule has 1 N–H and O–H groups in total. The molecule has 0 aliphatic carbocycles. The minimum atomic E-state index is 0.284. The number of nitrogens with one attached hydrogen (secondary N) is 1. The molecule has 8 nitrogen and oxygen atoms in total. The Morgan fingerprint density at radius 2 is 1.75 bits per heavy atom. The van der Waals surface area contributed by atoms with Crippen molar-refractivity contribution in [3.05, 3.63) is 54.9 Å². The van der Waals surface area contributed by atoms with Gasteiger partial charge in [0.2, 0.25) is 0 Å². The fourth-order valence-electron chi connectivity index (χ4n) is 3.27. The maximum Gasteiger partial charge on any atom is 0.158 e. The third kappa shape index (κ3) is 4.10. The molecule has 1 aromatic carbocycles. The van der Waals surface area contributed by atoms with Crippen LogP contribution in [0.15, 0.2) is 49.2 Å². The van der Waals surface area contributed by atoms with Gasteiger partial charge in [0.05, 0.1) is 25.3 Å². The van der Waals surface area contributed by atoms with E-state index in [4.69, 9.17) is 5.26 Å². The summed E-state index contributed by atoms with van der Waals surface area (Å²) in [5.74, 6) is 1.21. The molecule has 28 heavy (non-hydrogen) atoms. The van der Waals surface area contributed by atoms with E-state index in [0.29, 0.717) is 11.6 Å². The summed E-state index contributed by atoms with van der Waals surface area (Å²) in [4.78, 5) is 17.3. The van der Waals surface area contributed by atoms with Crippen LogP contribution in [0.5, 0.6) is 0 Å². The van der Waals surface area contributed by atoms with Gasteiger partial charge in [-0.1, -0.05) is 0 Å². The van der Waals surface area contributed by atoms with Gasteiger partial charge in [-0.25, -0.2) is 15.0 Å². The highest BCUT2D eigenvalue weighted by Crippen LogP contribution is 2.21. The maximum atomic E-state index is 8.78. The Balaban J connectivity index is 1.45. The molecule has 0 amide bonds. The van der Waals surface area contributed by atoms with Crippen molar-refractivity contribution in [2.75, 3.05) is 37.0 Å². The van der Waals surface area contributed by atoms with E-state index < -0.39 is 0 Å². The van der Waals surface area contributed by atoms with E-state index in [-0.39, 0.29) is 5.69 Å². The lowest BCUT2D eigenvalue weighted by molar-refractivity contribution is 0.350. The van der Waals surface area contributed by atoms with Crippen LogP contribution in [-0.2, 0) is 0 Å². The summed E-state index contributed by atoms with van der Waals surface area (Å²) in [6.45, 7) is 3.21. The van der Waals surface area contributed by atoms with Crippen LogP contribution in [-0.4, -0.2) is 51.2 Å². The Hall–Kier alpha value is -3.44. The quantitative estimate of drug-likeness (QED) is 0.751. The second-order valence-electron chi connectivity index (χ2n) is 6.90. The monoisotopic (exact) mass is 374 g/mol. The molecule has 3 heterocycles. The molecule has 4 rings (SSSR count). The second-order valence-corrected chi connectivity index (χ2v) is 6.90. The van der Waals surface area contributed by atoms with Gasteiger partial charge < -0.3 is 14.8 Å². The average Bonchev–Trinajstić information content (AvgIpc) is 3.08. The predicted octanol–water partition coefficient (Wildman–Crippen LogP) is 2.77. The first kappa shape index (κ1) is 17.9. The Morgan fingerprint density at radius 3 is 2.50 bits per heavy atom. The maximum absolute atomic E-state index is 8.78. The summed E-state index contributed by atoms with van der Waals surface area (Å²) >= 11 is 0. The highest BCUT2D eigenvalue weighted by molar-refractivity contribution is 5.53.